The van der Waals surface area contributed by atoms with Crippen LogP contribution in [0.1, 0.15) is 15.9 Å². The second kappa shape index (κ2) is 6.98. The van der Waals surface area contributed by atoms with E-state index < -0.39 is 0 Å². The highest BCUT2D eigenvalue weighted by molar-refractivity contribution is 7.10. The van der Waals surface area contributed by atoms with E-state index in [1.165, 1.54) is 0 Å². The number of benzene rings is 2. The first-order valence-corrected chi connectivity index (χ1v) is 8.28. The number of nitrogens with zero attached hydrogens (tertiary/aromatic N) is 2. The number of anilines is 1. The van der Waals surface area contributed by atoms with Crippen LogP contribution >= 0.6 is 23.1 Å². The van der Waals surface area contributed by atoms with Crippen molar-refractivity contribution in [1.29, 1.82) is 0 Å². The third-order valence-corrected chi connectivity index (χ3v) is 4.54. The van der Waals surface area contributed by atoms with E-state index in [0.717, 1.165) is 28.4 Å². The molecule has 0 bridgehead atoms. The highest BCUT2D eigenvalue weighted by atomic mass is 35.5. The van der Waals surface area contributed by atoms with Gasteiger partial charge in [-0.3, -0.25) is 10.1 Å². The number of aryl methyl sites for hydroxylation is 1. The van der Waals surface area contributed by atoms with E-state index >= 15 is 0 Å². The van der Waals surface area contributed by atoms with Gasteiger partial charge < -0.3 is 4.74 Å². The predicted octanol–water partition coefficient (Wildman–Crippen LogP) is 4.43. The molecule has 0 radical (unpaired) electrons. The summed E-state index contributed by atoms with van der Waals surface area (Å²) in [7, 11) is 1.60. The average molecular weight is 360 g/mol. The summed E-state index contributed by atoms with van der Waals surface area (Å²) in [6, 6.07) is 12.7. The van der Waals surface area contributed by atoms with Crippen LogP contribution in [0, 0.1) is 6.92 Å². The van der Waals surface area contributed by atoms with Gasteiger partial charge in [0.1, 0.15) is 5.75 Å². The van der Waals surface area contributed by atoms with Gasteiger partial charge in [-0.1, -0.05) is 35.9 Å². The lowest BCUT2D eigenvalue weighted by Crippen LogP contribution is -2.12. The quantitative estimate of drug-likeness (QED) is 0.748. The van der Waals surface area contributed by atoms with Gasteiger partial charge in [0.2, 0.25) is 5.13 Å². The minimum Gasteiger partial charge on any atom is -0.497 e. The van der Waals surface area contributed by atoms with Gasteiger partial charge in [-0.15, -0.1) is 0 Å². The average Bonchev–Trinajstić information content (AvgIpc) is 3.06. The summed E-state index contributed by atoms with van der Waals surface area (Å²) < 4.78 is 9.47. The molecule has 0 unspecified atom stereocenters. The molecule has 0 fully saturated rings. The summed E-state index contributed by atoms with van der Waals surface area (Å²) in [5.41, 5.74) is 2.08. The van der Waals surface area contributed by atoms with Gasteiger partial charge in [0.05, 0.1) is 17.7 Å². The lowest BCUT2D eigenvalue weighted by Gasteiger charge is -2.05. The summed E-state index contributed by atoms with van der Waals surface area (Å²) in [6.45, 7) is 1.85. The van der Waals surface area contributed by atoms with Gasteiger partial charge >= 0.3 is 0 Å². The van der Waals surface area contributed by atoms with Gasteiger partial charge in [0, 0.05) is 17.1 Å². The lowest BCUT2D eigenvalue weighted by molar-refractivity contribution is 0.102. The Kier molecular flexibility index (Phi) is 4.78. The molecule has 0 spiro atoms. The summed E-state index contributed by atoms with van der Waals surface area (Å²) in [5.74, 6) is 0.945. The minimum absolute atomic E-state index is 0.308. The molecule has 0 aliphatic heterocycles. The molecule has 24 heavy (non-hydrogen) atoms. The van der Waals surface area contributed by atoms with Crippen LogP contribution in [0.3, 0.4) is 0 Å². The molecule has 1 heterocycles. The molecule has 3 rings (SSSR count). The molecule has 3 aromatic rings. The molecular weight excluding hydrogens is 346 g/mol. The molecule has 1 N–H and O–H groups in total. The van der Waals surface area contributed by atoms with Crippen molar-refractivity contribution in [3.05, 3.63) is 58.6 Å². The molecule has 7 heteroatoms. The SMILES string of the molecule is COc1cccc(-c2nsc(NC(=O)c3cccc(C)c3Cl)n2)c1. The zero-order valence-corrected chi connectivity index (χ0v) is 14.6. The molecule has 122 valence electrons. The van der Waals surface area contributed by atoms with Crippen molar-refractivity contribution < 1.29 is 9.53 Å². The molecule has 0 aliphatic rings. The van der Waals surface area contributed by atoms with Crippen LogP contribution in [0.4, 0.5) is 5.13 Å². The van der Waals surface area contributed by atoms with Crippen LogP contribution in [0.2, 0.25) is 5.02 Å². The summed E-state index contributed by atoms with van der Waals surface area (Å²) in [5, 5.41) is 3.59. The van der Waals surface area contributed by atoms with Crippen molar-refractivity contribution >= 4 is 34.2 Å². The molecule has 2 aromatic carbocycles. The van der Waals surface area contributed by atoms with Gasteiger partial charge in [0.25, 0.3) is 5.91 Å². The second-order valence-corrected chi connectivity index (χ2v) is 6.18. The number of carbonyl (C=O) groups excluding carboxylic acids is 1. The van der Waals surface area contributed by atoms with E-state index in [0.29, 0.717) is 21.5 Å². The van der Waals surface area contributed by atoms with E-state index in [4.69, 9.17) is 16.3 Å². The number of methoxy groups -OCH3 is 1. The Hall–Kier alpha value is -2.44. The number of ether oxygens (including phenoxy) is 1. The maximum atomic E-state index is 12.4. The first-order valence-electron chi connectivity index (χ1n) is 7.13. The van der Waals surface area contributed by atoms with Crippen LogP contribution in [0.5, 0.6) is 5.75 Å². The Bertz CT molecular complexity index is 895. The Balaban J connectivity index is 1.81. The standard InChI is InChI=1S/C17H14ClN3O2S/c1-10-5-3-8-13(14(10)18)16(22)20-17-19-15(21-24-17)11-6-4-7-12(9-11)23-2/h3-9H,1-2H3,(H,19,20,21,22). The molecule has 0 aliphatic carbocycles. The monoisotopic (exact) mass is 359 g/mol. The topological polar surface area (TPSA) is 64.1 Å². The normalized spacial score (nSPS) is 10.5. The fraction of sp³-hybridized carbons (Fsp3) is 0.118. The zero-order chi connectivity index (χ0) is 17.1. The number of carbonyl (C=O) groups is 1. The minimum atomic E-state index is -0.308. The predicted molar refractivity (Wildman–Crippen MR) is 96.0 cm³/mol. The maximum absolute atomic E-state index is 12.4. The van der Waals surface area contributed by atoms with Crippen LogP contribution in [0.15, 0.2) is 42.5 Å². The van der Waals surface area contributed by atoms with Gasteiger partial charge in [0.15, 0.2) is 5.82 Å². The lowest BCUT2D eigenvalue weighted by atomic mass is 10.1. The molecule has 5 nitrogen and oxygen atoms in total. The van der Waals surface area contributed by atoms with Crippen molar-refractivity contribution in [2.75, 3.05) is 12.4 Å². The van der Waals surface area contributed by atoms with Crippen molar-refractivity contribution in [2.24, 2.45) is 0 Å². The Morgan fingerprint density at radius 3 is 2.83 bits per heavy atom. The first-order chi connectivity index (χ1) is 11.6. The van der Waals surface area contributed by atoms with Gasteiger partial charge in [-0.05, 0) is 30.7 Å². The van der Waals surface area contributed by atoms with Crippen LogP contribution < -0.4 is 10.1 Å². The molecular formula is C17H14ClN3O2S. The first kappa shape index (κ1) is 16.4. The van der Waals surface area contributed by atoms with E-state index in [2.05, 4.69) is 14.7 Å². The molecule has 1 aromatic heterocycles. The number of hydrogen-bond donors (Lipinski definition) is 1. The third-order valence-electron chi connectivity index (χ3n) is 3.41. The largest absolute Gasteiger partial charge is 0.497 e. The van der Waals surface area contributed by atoms with Crippen molar-refractivity contribution in [3.63, 3.8) is 0 Å². The molecule has 0 atom stereocenters. The number of amides is 1. The summed E-state index contributed by atoms with van der Waals surface area (Å²) >= 11 is 7.30. The van der Waals surface area contributed by atoms with Crippen LogP contribution in [0.25, 0.3) is 11.4 Å². The fourth-order valence-electron chi connectivity index (χ4n) is 2.14. The highest BCUT2D eigenvalue weighted by Gasteiger charge is 2.15. The number of nitrogens with one attached hydrogen (secondary N) is 1. The summed E-state index contributed by atoms with van der Waals surface area (Å²) in [6.07, 6.45) is 0. The third kappa shape index (κ3) is 3.39. The van der Waals surface area contributed by atoms with E-state index in [1.807, 2.05) is 37.3 Å². The van der Waals surface area contributed by atoms with Crippen molar-refractivity contribution in [2.45, 2.75) is 6.92 Å². The Morgan fingerprint density at radius 2 is 2.04 bits per heavy atom. The van der Waals surface area contributed by atoms with E-state index in [9.17, 15) is 4.79 Å². The molecule has 0 saturated carbocycles. The smallest absolute Gasteiger partial charge is 0.259 e. The van der Waals surface area contributed by atoms with Gasteiger partial charge in [-0.25, -0.2) is 0 Å². The number of aromatic nitrogens is 2. The number of halogens is 1. The number of hydrogen-bond acceptors (Lipinski definition) is 5. The van der Waals surface area contributed by atoms with Crippen molar-refractivity contribution in [1.82, 2.24) is 9.36 Å². The van der Waals surface area contributed by atoms with Crippen LogP contribution in [-0.2, 0) is 0 Å². The zero-order valence-electron chi connectivity index (χ0n) is 13.0. The summed E-state index contributed by atoms with van der Waals surface area (Å²) in [4.78, 5) is 16.7. The van der Waals surface area contributed by atoms with Crippen molar-refractivity contribution in [3.8, 4) is 17.1 Å². The fourth-order valence-corrected chi connectivity index (χ4v) is 2.94. The Morgan fingerprint density at radius 1 is 1.25 bits per heavy atom. The molecule has 0 saturated heterocycles. The van der Waals surface area contributed by atoms with Gasteiger partial charge in [-0.2, -0.15) is 9.36 Å². The molecule has 1 amide bonds. The Labute approximate surface area is 148 Å². The van der Waals surface area contributed by atoms with E-state index in [-0.39, 0.29) is 5.91 Å². The van der Waals surface area contributed by atoms with Crippen LogP contribution in [-0.4, -0.2) is 22.4 Å². The maximum Gasteiger partial charge on any atom is 0.259 e. The number of rotatable bonds is 4. The second-order valence-electron chi connectivity index (χ2n) is 5.05. The van der Waals surface area contributed by atoms with E-state index in [1.54, 1.807) is 19.2 Å². The highest BCUT2D eigenvalue weighted by Crippen LogP contribution is 2.26.